The van der Waals surface area contributed by atoms with Gasteiger partial charge in [0.05, 0.1) is 19.8 Å². The summed E-state index contributed by atoms with van der Waals surface area (Å²) in [6.45, 7) is 4.71. The van der Waals surface area contributed by atoms with Crippen molar-refractivity contribution in [1.29, 1.82) is 0 Å². The summed E-state index contributed by atoms with van der Waals surface area (Å²) in [5, 5.41) is 9.31. The van der Waals surface area contributed by atoms with Gasteiger partial charge in [0.1, 0.15) is 5.82 Å². The lowest BCUT2D eigenvalue weighted by Gasteiger charge is -2.15. The fraction of sp³-hybridized carbons (Fsp3) is 0.417. The molecule has 33 heavy (non-hydrogen) atoms. The van der Waals surface area contributed by atoms with E-state index in [9.17, 15) is 9.18 Å². The molecule has 1 heterocycles. The lowest BCUT2D eigenvalue weighted by molar-refractivity contribution is -0.120. The van der Waals surface area contributed by atoms with E-state index in [0.717, 1.165) is 18.5 Å². The Bertz CT molecular complexity index is 926. The zero-order chi connectivity index (χ0) is 22.6. The molecule has 0 fully saturated rings. The Labute approximate surface area is 211 Å². The summed E-state index contributed by atoms with van der Waals surface area (Å²) in [4.78, 5) is 16.4. The van der Waals surface area contributed by atoms with E-state index in [1.165, 1.54) is 6.07 Å². The van der Waals surface area contributed by atoms with E-state index in [0.29, 0.717) is 68.7 Å². The Hall–Kier alpha value is -2.56. The van der Waals surface area contributed by atoms with Gasteiger partial charge in [-0.05, 0) is 36.6 Å². The standard InChI is InChI=1S/C24H31FN4O3.HI/c1-2-12-26-23(30)11-14-28-24(27-13-10-18-6-3-4-7-20(18)25)29-19-8-9-21-22(17-19)32-16-5-15-31-21;/h3-4,6-9,17H,2,5,10-16H2,1H3,(H,26,30)(H2,27,28,29);1H. The van der Waals surface area contributed by atoms with Crippen LogP contribution in [0.5, 0.6) is 11.5 Å². The third kappa shape index (κ3) is 9.07. The van der Waals surface area contributed by atoms with Crippen LogP contribution < -0.4 is 25.4 Å². The molecule has 0 aromatic heterocycles. The number of benzene rings is 2. The molecule has 180 valence electrons. The molecule has 2 aromatic rings. The molecule has 0 radical (unpaired) electrons. The number of amides is 1. The molecular weight excluding hydrogens is 538 g/mol. The highest BCUT2D eigenvalue weighted by Crippen LogP contribution is 2.32. The van der Waals surface area contributed by atoms with E-state index in [1.807, 2.05) is 31.2 Å². The quantitative estimate of drug-likeness (QED) is 0.240. The summed E-state index contributed by atoms with van der Waals surface area (Å²) in [6, 6.07) is 12.3. The number of ether oxygens (including phenoxy) is 2. The second kappa shape index (κ2) is 14.6. The van der Waals surface area contributed by atoms with Crippen LogP contribution in [0.4, 0.5) is 10.1 Å². The minimum absolute atomic E-state index is 0. The Morgan fingerprint density at radius 1 is 1.06 bits per heavy atom. The number of hydrogen-bond acceptors (Lipinski definition) is 4. The van der Waals surface area contributed by atoms with Crippen molar-refractivity contribution < 1.29 is 18.7 Å². The Kier molecular flexibility index (Phi) is 11.8. The molecule has 1 amide bonds. The predicted molar refractivity (Wildman–Crippen MR) is 139 cm³/mol. The third-order valence-corrected chi connectivity index (χ3v) is 4.84. The molecule has 0 saturated heterocycles. The molecule has 9 heteroatoms. The van der Waals surface area contributed by atoms with E-state index in [1.54, 1.807) is 12.1 Å². The van der Waals surface area contributed by atoms with Crippen molar-refractivity contribution in [1.82, 2.24) is 10.6 Å². The van der Waals surface area contributed by atoms with Crippen LogP contribution in [0.2, 0.25) is 0 Å². The predicted octanol–water partition coefficient (Wildman–Crippen LogP) is 4.12. The van der Waals surface area contributed by atoms with Gasteiger partial charge in [-0.2, -0.15) is 0 Å². The number of aliphatic imine (C=N–C) groups is 1. The average Bonchev–Trinajstić information content (AvgIpc) is 3.04. The molecule has 0 atom stereocenters. The number of hydrogen-bond donors (Lipinski definition) is 3. The van der Waals surface area contributed by atoms with Crippen LogP contribution >= 0.6 is 24.0 Å². The third-order valence-electron chi connectivity index (χ3n) is 4.84. The van der Waals surface area contributed by atoms with Gasteiger partial charge in [0.2, 0.25) is 5.91 Å². The van der Waals surface area contributed by atoms with Crippen molar-refractivity contribution in [3.05, 3.63) is 53.8 Å². The second-order valence-electron chi connectivity index (χ2n) is 7.44. The molecule has 3 N–H and O–H groups in total. The summed E-state index contributed by atoms with van der Waals surface area (Å²) in [5.74, 6) is 1.65. The van der Waals surface area contributed by atoms with Crippen molar-refractivity contribution >= 4 is 41.5 Å². The van der Waals surface area contributed by atoms with Crippen molar-refractivity contribution in [2.75, 3.05) is 38.2 Å². The first-order valence-electron chi connectivity index (χ1n) is 11.1. The van der Waals surface area contributed by atoms with Crippen LogP contribution in [0.3, 0.4) is 0 Å². The minimum Gasteiger partial charge on any atom is -0.490 e. The Morgan fingerprint density at radius 3 is 2.64 bits per heavy atom. The number of carbonyl (C=O) groups excluding carboxylic acids is 1. The summed E-state index contributed by atoms with van der Waals surface area (Å²) in [5.41, 5.74) is 1.41. The number of guanidine groups is 1. The lowest BCUT2D eigenvalue weighted by atomic mass is 10.1. The Balaban J connectivity index is 0.00000385. The van der Waals surface area contributed by atoms with Crippen molar-refractivity contribution in [3.63, 3.8) is 0 Å². The van der Waals surface area contributed by atoms with Crippen LogP contribution in [-0.4, -0.2) is 44.7 Å². The monoisotopic (exact) mass is 570 g/mol. The molecule has 0 saturated carbocycles. The van der Waals surface area contributed by atoms with E-state index >= 15 is 0 Å². The number of rotatable bonds is 9. The topological polar surface area (TPSA) is 84.0 Å². The van der Waals surface area contributed by atoms with Gasteiger partial charge in [0.25, 0.3) is 0 Å². The van der Waals surface area contributed by atoms with Gasteiger partial charge in [-0.3, -0.25) is 9.79 Å². The maximum absolute atomic E-state index is 13.9. The SMILES string of the molecule is CCCNC(=O)CCN=C(NCCc1ccccc1F)Nc1ccc2c(c1)OCCCO2.I. The van der Waals surface area contributed by atoms with E-state index < -0.39 is 0 Å². The zero-order valence-electron chi connectivity index (χ0n) is 18.9. The number of carbonyl (C=O) groups is 1. The maximum atomic E-state index is 13.9. The van der Waals surface area contributed by atoms with Gasteiger partial charge in [-0.1, -0.05) is 25.1 Å². The van der Waals surface area contributed by atoms with Crippen LogP contribution in [0.15, 0.2) is 47.5 Å². The molecule has 7 nitrogen and oxygen atoms in total. The van der Waals surface area contributed by atoms with Gasteiger partial charge >= 0.3 is 0 Å². The average molecular weight is 570 g/mol. The van der Waals surface area contributed by atoms with E-state index in [-0.39, 0.29) is 35.7 Å². The fourth-order valence-electron chi connectivity index (χ4n) is 3.16. The van der Waals surface area contributed by atoms with Crippen molar-refractivity contribution in [3.8, 4) is 11.5 Å². The van der Waals surface area contributed by atoms with Gasteiger partial charge in [0.15, 0.2) is 17.5 Å². The molecular formula is C24H32FIN4O3. The fourth-order valence-corrected chi connectivity index (χ4v) is 3.16. The summed E-state index contributed by atoms with van der Waals surface area (Å²) in [6.07, 6.45) is 2.53. The number of nitrogens with one attached hydrogen (secondary N) is 3. The lowest BCUT2D eigenvalue weighted by Crippen LogP contribution is -2.33. The zero-order valence-corrected chi connectivity index (χ0v) is 21.2. The number of halogens is 2. The highest BCUT2D eigenvalue weighted by atomic mass is 127. The van der Waals surface area contributed by atoms with Crippen LogP contribution in [0, 0.1) is 5.82 Å². The molecule has 2 aromatic carbocycles. The summed E-state index contributed by atoms with van der Waals surface area (Å²) in [7, 11) is 0. The van der Waals surface area contributed by atoms with Crippen LogP contribution in [0.25, 0.3) is 0 Å². The first-order chi connectivity index (χ1) is 15.7. The maximum Gasteiger partial charge on any atom is 0.221 e. The second-order valence-corrected chi connectivity index (χ2v) is 7.44. The molecule has 0 bridgehead atoms. The first kappa shape index (κ1) is 26.7. The Morgan fingerprint density at radius 2 is 1.85 bits per heavy atom. The molecule has 3 rings (SSSR count). The number of anilines is 1. The van der Waals surface area contributed by atoms with Crippen molar-refractivity contribution in [2.24, 2.45) is 4.99 Å². The normalized spacial score (nSPS) is 12.8. The van der Waals surface area contributed by atoms with Gasteiger partial charge in [0, 0.05) is 37.7 Å². The molecule has 0 unspecified atom stereocenters. The van der Waals surface area contributed by atoms with Crippen molar-refractivity contribution in [2.45, 2.75) is 32.6 Å². The highest BCUT2D eigenvalue weighted by Gasteiger charge is 2.12. The smallest absolute Gasteiger partial charge is 0.221 e. The van der Waals surface area contributed by atoms with Gasteiger partial charge in [-0.15, -0.1) is 24.0 Å². The molecule has 1 aliphatic heterocycles. The molecule has 0 aliphatic carbocycles. The van der Waals surface area contributed by atoms with Gasteiger partial charge in [-0.25, -0.2) is 4.39 Å². The molecule has 1 aliphatic rings. The largest absolute Gasteiger partial charge is 0.490 e. The summed E-state index contributed by atoms with van der Waals surface area (Å²) < 4.78 is 25.3. The minimum atomic E-state index is -0.226. The van der Waals surface area contributed by atoms with E-state index in [2.05, 4.69) is 20.9 Å². The van der Waals surface area contributed by atoms with Crippen LogP contribution in [-0.2, 0) is 11.2 Å². The summed E-state index contributed by atoms with van der Waals surface area (Å²) >= 11 is 0. The molecule has 0 spiro atoms. The van der Waals surface area contributed by atoms with E-state index in [4.69, 9.17) is 9.47 Å². The highest BCUT2D eigenvalue weighted by molar-refractivity contribution is 14.0. The number of nitrogens with zero attached hydrogens (tertiary/aromatic N) is 1. The van der Waals surface area contributed by atoms with Gasteiger partial charge < -0.3 is 25.4 Å². The number of fused-ring (bicyclic) bond motifs is 1. The van der Waals surface area contributed by atoms with Crippen LogP contribution in [0.1, 0.15) is 31.7 Å². The first-order valence-corrected chi connectivity index (χ1v) is 11.1.